The zero-order valence-electron chi connectivity index (χ0n) is 14.2. The van der Waals surface area contributed by atoms with E-state index in [0.29, 0.717) is 18.1 Å². The summed E-state index contributed by atoms with van der Waals surface area (Å²) in [6, 6.07) is 16.5. The van der Waals surface area contributed by atoms with E-state index in [1.54, 1.807) is 0 Å². The Morgan fingerprint density at radius 2 is 1.84 bits per heavy atom. The molecular formula is C20H21N5. The smallest absolute Gasteiger partial charge is 0.168 e. The molecule has 1 aliphatic heterocycles. The fourth-order valence-corrected chi connectivity index (χ4v) is 3.51. The van der Waals surface area contributed by atoms with Crippen LogP contribution in [0.1, 0.15) is 30.5 Å². The Labute approximate surface area is 147 Å². The summed E-state index contributed by atoms with van der Waals surface area (Å²) in [6.07, 6.45) is 5.71. The lowest BCUT2D eigenvalue weighted by atomic mass is 10.1. The maximum atomic E-state index is 9.50. The van der Waals surface area contributed by atoms with Gasteiger partial charge < -0.3 is 10.2 Å². The van der Waals surface area contributed by atoms with E-state index in [1.165, 1.54) is 30.5 Å². The number of hydrogen-bond donors (Lipinski definition) is 1. The van der Waals surface area contributed by atoms with Crippen LogP contribution in [0, 0.1) is 11.3 Å². The molecule has 2 aromatic heterocycles. The van der Waals surface area contributed by atoms with Crippen molar-refractivity contribution in [3.63, 3.8) is 0 Å². The Bertz CT molecular complexity index is 915. The Balaban J connectivity index is 1.59. The molecule has 0 saturated carbocycles. The van der Waals surface area contributed by atoms with Crippen LogP contribution >= 0.6 is 0 Å². The number of imidazole rings is 1. The van der Waals surface area contributed by atoms with E-state index in [4.69, 9.17) is 0 Å². The van der Waals surface area contributed by atoms with Crippen molar-refractivity contribution in [2.24, 2.45) is 0 Å². The van der Waals surface area contributed by atoms with Crippen LogP contribution in [-0.2, 0) is 6.54 Å². The van der Waals surface area contributed by atoms with Crippen LogP contribution in [0.25, 0.3) is 5.65 Å². The molecule has 1 N–H and O–H groups in total. The van der Waals surface area contributed by atoms with E-state index < -0.39 is 0 Å². The molecule has 0 unspecified atom stereocenters. The van der Waals surface area contributed by atoms with Gasteiger partial charge in [-0.3, -0.25) is 4.40 Å². The average molecular weight is 331 g/mol. The van der Waals surface area contributed by atoms with Gasteiger partial charge in [0.1, 0.15) is 11.7 Å². The number of para-hydroxylation sites is 1. The highest BCUT2D eigenvalue weighted by atomic mass is 15.1. The lowest BCUT2D eigenvalue weighted by Crippen LogP contribution is -2.30. The molecule has 5 heteroatoms. The number of aromatic nitrogens is 2. The average Bonchev–Trinajstić information content (AvgIpc) is 3.05. The van der Waals surface area contributed by atoms with Crippen molar-refractivity contribution >= 4 is 17.2 Å². The molecule has 0 bridgehead atoms. The number of hydrogen-bond acceptors (Lipinski definition) is 4. The molecule has 1 aromatic carbocycles. The second-order valence-corrected chi connectivity index (χ2v) is 6.38. The molecule has 0 aliphatic carbocycles. The van der Waals surface area contributed by atoms with Gasteiger partial charge >= 0.3 is 0 Å². The summed E-state index contributed by atoms with van der Waals surface area (Å²) in [7, 11) is 0. The third-order valence-electron chi connectivity index (χ3n) is 4.77. The van der Waals surface area contributed by atoms with Crippen LogP contribution in [0.15, 0.2) is 48.7 Å². The number of pyridine rings is 1. The quantitative estimate of drug-likeness (QED) is 0.790. The molecule has 126 valence electrons. The zero-order valence-corrected chi connectivity index (χ0v) is 14.2. The highest BCUT2D eigenvalue weighted by molar-refractivity contribution is 5.60. The molecule has 0 atom stereocenters. The second-order valence-electron chi connectivity index (χ2n) is 6.38. The Morgan fingerprint density at radius 3 is 2.68 bits per heavy atom. The molecule has 4 rings (SSSR count). The summed E-state index contributed by atoms with van der Waals surface area (Å²) in [6.45, 7) is 2.90. The largest absolute Gasteiger partial charge is 0.371 e. The maximum absolute atomic E-state index is 9.50. The Hall–Kier alpha value is -3.00. The van der Waals surface area contributed by atoms with E-state index in [2.05, 4.69) is 45.5 Å². The first-order valence-electron chi connectivity index (χ1n) is 8.81. The third kappa shape index (κ3) is 3.03. The topological polar surface area (TPSA) is 56.4 Å². The van der Waals surface area contributed by atoms with Crippen molar-refractivity contribution in [1.82, 2.24) is 9.38 Å². The lowest BCUT2D eigenvalue weighted by Gasteiger charge is -2.30. The number of anilines is 2. The van der Waals surface area contributed by atoms with Gasteiger partial charge in [-0.05, 0) is 43.0 Å². The summed E-state index contributed by atoms with van der Waals surface area (Å²) in [5.41, 5.74) is 3.86. The summed E-state index contributed by atoms with van der Waals surface area (Å²) >= 11 is 0. The summed E-state index contributed by atoms with van der Waals surface area (Å²) in [4.78, 5) is 7.02. The fourth-order valence-electron chi connectivity index (χ4n) is 3.51. The highest BCUT2D eigenvalue weighted by Crippen LogP contribution is 2.25. The monoisotopic (exact) mass is 331 g/mol. The maximum Gasteiger partial charge on any atom is 0.168 e. The first kappa shape index (κ1) is 15.5. The predicted molar refractivity (Wildman–Crippen MR) is 99.7 cm³/mol. The van der Waals surface area contributed by atoms with Crippen LogP contribution in [0.2, 0.25) is 0 Å². The van der Waals surface area contributed by atoms with Crippen molar-refractivity contribution in [2.45, 2.75) is 25.8 Å². The van der Waals surface area contributed by atoms with Gasteiger partial charge in [-0.25, -0.2) is 4.98 Å². The minimum absolute atomic E-state index is 0.547. The van der Waals surface area contributed by atoms with Crippen LogP contribution in [-0.4, -0.2) is 22.5 Å². The molecule has 5 nitrogen and oxygen atoms in total. The molecule has 1 fully saturated rings. The van der Waals surface area contributed by atoms with Crippen molar-refractivity contribution in [3.8, 4) is 6.07 Å². The van der Waals surface area contributed by atoms with Gasteiger partial charge in [0.05, 0.1) is 0 Å². The van der Waals surface area contributed by atoms with E-state index in [-0.39, 0.29) is 0 Å². The van der Waals surface area contributed by atoms with Gasteiger partial charge in [0.2, 0.25) is 0 Å². The van der Waals surface area contributed by atoms with Crippen molar-refractivity contribution in [3.05, 3.63) is 59.9 Å². The lowest BCUT2D eigenvalue weighted by molar-refractivity contribution is 0.576. The summed E-state index contributed by atoms with van der Waals surface area (Å²) in [5.74, 6) is 0.641. The molecule has 0 amide bonds. The SMILES string of the molecule is N#Cc1c(NCc2ccccc2N2CCCCC2)nc2ccccn12. The van der Waals surface area contributed by atoms with Gasteiger partial charge in [-0.2, -0.15) is 5.26 Å². The Morgan fingerprint density at radius 1 is 1.04 bits per heavy atom. The molecule has 0 radical (unpaired) electrons. The second kappa shape index (κ2) is 6.86. The first-order valence-corrected chi connectivity index (χ1v) is 8.81. The van der Waals surface area contributed by atoms with Gasteiger partial charge in [0.15, 0.2) is 11.5 Å². The molecule has 25 heavy (non-hydrogen) atoms. The van der Waals surface area contributed by atoms with Crippen LogP contribution in [0.5, 0.6) is 0 Å². The van der Waals surface area contributed by atoms with Crippen molar-refractivity contribution in [1.29, 1.82) is 5.26 Å². The standard InChI is InChI=1S/C20H21N5/c21-14-18-20(23-19-10-4-7-13-25(18)19)22-15-16-8-2-3-9-17(16)24-11-5-1-6-12-24/h2-4,7-10,13,22H,1,5-6,11-12,15H2. The number of nitrogens with one attached hydrogen (secondary N) is 1. The number of piperidine rings is 1. The van der Waals surface area contributed by atoms with Gasteiger partial charge in [-0.1, -0.05) is 24.3 Å². The van der Waals surface area contributed by atoms with Crippen LogP contribution < -0.4 is 10.2 Å². The number of benzene rings is 1. The minimum Gasteiger partial charge on any atom is -0.371 e. The van der Waals surface area contributed by atoms with Gasteiger partial charge in [-0.15, -0.1) is 0 Å². The van der Waals surface area contributed by atoms with E-state index >= 15 is 0 Å². The minimum atomic E-state index is 0.547. The zero-order chi connectivity index (χ0) is 17.1. The fraction of sp³-hybridized carbons (Fsp3) is 0.300. The van der Waals surface area contributed by atoms with E-state index in [0.717, 1.165) is 18.7 Å². The summed E-state index contributed by atoms with van der Waals surface area (Å²) in [5, 5.41) is 12.9. The van der Waals surface area contributed by atoms with Gasteiger partial charge in [0, 0.05) is 31.5 Å². The van der Waals surface area contributed by atoms with E-state index in [9.17, 15) is 5.26 Å². The third-order valence-corrected chi connectivity index (χ3v) is 4.77. The first-order chi connectivity index (χ1) is 12.4. The number of nitrogens with zero attached hydrogens (tertiary/aromatic N) is 4. The summed E-state index contributed by atoms with van der Waals surface area (Å²) < 4.78 is 1.82. The molecule has 1 saturated heterocycles. The Kier molecular flexibility index (Phi) is 4.26. The normalized spacial score (nSPS) is 14.4. The number of fused-ring (bicyclic) bond motifs is 1. The molecule has 3 heterocycles. The van der Waals surface area contributed by atoms with Crippen molar-refractivity contribution in [2.75, 3.05) is 23.3 Å². The molecule has 1 aliphatic rings. The van der Waals surface area contributed by atoms with Gasteiger partial charge in [0.25, 0.3) is 0 Å². The number of nitriles is 1. The molecule has 0 spiro atoms. The van der Waals surface area contributed by atoms with Crippen LogP contribution in [0.3, 0.4) is 0 Å². The van der Waals surface area contributed by atoms with Crippen LogP contribution in [0.4, 0.5) is 11.5 Å². The van der Waals surface area contributed by atoms with E-state index in [1.807, 2.05) is 28.8 Å². The van der Waals surface area contributed by atoms with Crippen molar-refractivity contribution < 1.29 is 0 Å². The highest BCUT2D eigenvalue weighted by Gasteiger charge is 2.15. The molecule has 3 aromatic rings. The molecular weight excluding hydrogens is 310 g/mol. The number of rotatable bonds is 4. The predicted octanol–water partition coefficient (Wildman–Crippen LogP) is 3.81.